The Balaban J connectivity index is 3.19. The molecular formula is C16H26N2O6. The highest BCUT2D eigenvalue weighted by Gasteiger charge is 2.52. The molecule has 0 aromatic carbocycles. The van der Waals surface area contributed by atoms with Gasteiger partial charge in [-0.1, -0.05) is 20.8 Å². The number of esters is 1. The zero-order chi connectivity index (χ0) is 18.3. The molecule has 0 aromatic rings. The molecule has 0 spiro atoms. The van der Waals surface area contributed by atoms with Gasteiger partial charge >= 0.3 is 5.97 Å². The highest BCUT2D eigenvalue weighted by atomic mass is 16.6. The van der Waals surface area contributed by atoms with E-state index in [2.05, 4.69) is 4.99 Å². The van der Waals surface area contributed by atoms with Gasteiger partial charge in [-0.05, 0) is 25.7 Å². The van der Waals surface area contributed by atoms with Gasteiger partial charge in [0.15, 0.2) is 6.04 Å². The Hall–Kier alpha value is -1.79. The van der Waals surface area contributed by atoms with E-state index in [9.17, 15) is 19.7 Å². The summed E-state index contributed by atoms with van der Waals surface area (Å²) < 4.78 is 11.1. The third-order valence-electron chi connectivity index (χ3n) is 4.70. The number of ether oxygens (including phenoxy) is 2. The first-order valence-electron chi connectivity index (χ1n) is 8.43. The molecule has 5 atom stereocenters. The summed E-state index contributed by atoms with van der Waals surface area (Å²) in [6.45, 7) is 7.59. The third kappa shape index (κ3) is 4.61. The summed E-state index contributed by atoms with van der Waals surface area (Å²) in [6, 6.07) is -2.12. The van der Waals surface area contributed by atoms with Crippen LogP contribution in [0.15, 0.2) is 4.99 Å². The quantitative estimate of drug-likeness (QED) is 0.220. The molecule has 0 N–H and O–H groups in total. The van der Waals surface area contributed by atoms with Gasteiger partial charge in [-0.25, -0.2) is 4.79 Å². The van der Waals surface area contributed by atoms with Gasteiger partial charge in [0.1, 0.15) is 0 Å². The summed E-state index contributed by atoms with van der Waals surface area (Å²) in [5.41, 5.74) is 0. The number of hydrogen-bond donors (Lipinski definition) is 0. The van der Waals surface area contributed by atoms with Crippen LogP contribution in [0.5, 0.6) is 0 Å². The van der Waals surface area contributed by atoms with Crippen molar-refractivity contribution in [1.29, 1.82) is 0 Å². The van der Waals surface area contributed by atoms with Crippen LogP contribution in [0.4, 0.5) is 0 Å². The molecule has 8 nitrogen and oxygen atoms in total. The zero-order valence-electron chi connectivity index (χ0n) is 14.6. The molecule has 0 saturated heterocycles. The molecule has 0 aliphatic heterocycles. The van der Waals surface area contributed by atoms with Crippen molar-refractivity contribution < 1.29 is 24.0 Å². The van der Waals surface area contributed by atoms with E-state index >= 15 is 0 Å². The molecule has 0 aromatic heterocycles. The predicted molar refractivity (Wildman–Crippen MR) is 85.8 cm³/mol. The number of nitro groups is 1. The summed E-state index contributed by atoms with van der Waals surface area (Å²) in [5.74, 6) is -1.47. The molecule has 8 heteroatoms. The van der Waals surface area contributed by atoms with Crippen LogP contribution in [0.25, 0.3) is 0 Å². The molecule has 24 heavy (non-hydrogen) atoms. The number of carbonyl (C=O) groups is 1. The van der Waals surface area contributed by atoms with Crippen LogP contribution in [-0.2, 0) is 19.1 Å². The SMILES string of the molecule is CCOC(=O)[C@@H]1C[C@H]([N+](=O)[O-])[C@@H](N=C=O)[C@H](OC(CC)CC)[C@@H]1C. The van der Waals surface area contributed by atoms with E-state index in [1.165, 1.54) is 6.08 Å². The number of carbonyl (C=O) groups excluding carboxylic acids is 2. The van der Waals surface area contributed by atoms with Crippen molar-refractivity contribution in [2.45, 2.75) is 71.2 Å². The molecule has 0 amide bonds. The van der Waals surface area contributed by atoms with Crippen LogP contribution in [-0.4, -0.2) is 47.9 Å². The number of hydrogen-bond acceptors (Lipinski definition) is 7. The average Bonchev–Trinajstić information content (AvgIpc) is 2.54. The van der Waals surface area contributed by atoms with Crippen LogP contribution in [0.3, 0.4) is 0 Å². The predicted octanol–water partition coefficient (Wildman–Crippen LogP) is 2.13. The van der Waals surface area contributed by atoms with E-state index in [-0.39, 0.29) is 25.0 Å². The van der Waals surface area contributed by atoms with Gasteiger partial charge in [-0.15, -0.1) is 0 Å². The van der Waals surface area contributed by atoms with Gasteiger partial charge in [0.25, 0.3) is 0 Å². The van der Waals surface area contributed by atoms with Gasteiger partial charge in [-0.2, -0.15) is 4.99 Å². The van der Waals surface area contributed by atoms with Crippen molar-refractivity contribution >= 4 is 12.0 Å². The summed E-state index contributed by atoms with van der Waals surface area (Å²) in [5, 5.41) is 11.5. The van der Waals surface area contributed by atoms with Crippen molar-refractivity contribution in [2.75, 3.05) is 6.61 Å². The second-order valence-corrected chi connectivity index (χ2v) is 6.06. The van der Waals surface area contributed by atoms with Gasteiger partial charge in [0.2, 0.25) is 12.1 Å². The van der Waals surface area contributed by atoms with Crippen LogP contribution in [0.2, 0.25) is 0 Å². The maximum atomic E-state index is 12.2. The van der Waals surface area contributed by atoms with Gasteiger partial charge in [0.05, 0.1) is 24.7 Å². The first-order valence-corrected chi connectivity index (χ1v) is 8.43. The Morgan fingerprint density at radius 2 is 2.00 bits per heavy atom. The molecular weight excluding hydrogens is 316 g/mol. The maximum Gasteiger partial charge on any atom is 0.309 e. The summed E-state index contributed by atoms with van der Waals surface area (Å²) in [7, 11) is 0. The minimum absolute atomic E-state index is 0.0222. The first-order chi connectivity index (χ1) is 11.4. The van der Waals surface area contributed by atoms with E-state index in [0.29, 0.717) is 0 Å². The Bertz CT molecular complexity index is 487. The topological polar surface area (TPSA) is 108 Å². The first kappa shape index (κ1) is 20.3. The number of rotatable bonds is 8. The van der Waals surface area contributed by atoms with E-state index in [1.54, 1.807) is 13.8 Å². The normalized spacial score (nSPS) is 29.8. The third-order valence-corrected chi connectivity index (χ3v) is 4.70. The number of nitrogens with zero attached hydrogens (tertiary/aromatic N) is 2. The van der Waals surface area contributed by atoms with E-state index in [4.69, 9.17) is 9.47 Å². The lowest BCUT2D eigenvalue weighted by Crippen LogP contribution is -2.55. The lowest BCUT2D eigenvalue weighted by molar-refractivity contribution is -0.533. The zero-order valence-corrected chi connectivity index (χ0v) is 14.6. The summed E-state index contributed by atoms with van der Waals surface area (Å²) in [6.07, 6.45) is 2.04. The lowest BCUT2D eigenvalue weighted by Gasteiger charge is -2.40. The molecule has 0 unspecified atom stereocenters. The molecule has 0 heterocycles. The van der Waals surface area contributed by atoms with Crippen LogP contribution < -0.4 is 0 Å². The molecule has 1 aliphatic carbocycles. The number of aliphatic imine (C=N–C) groups is 1. The highest BCUT2D eigenvalue weighted by Crippen LogP contribution is 2.37. The lowest BCUT2D eigenvalue weighted by atomic mass is 9.73. The van der Waals surface area contributed by atoms with E-state index in [0.717, 1.165) is 12.8 Å². The Morgan fingerprint density at radius 1 is 1.38 bits per heavy atom. The van der Waals surface area contributed by atoms with Crippen LogP contribution >= 0.6 is 0 Å². The largest absolute Gasteiger partial charge is 0.466 e. The Labute approximate surface area is 141 Å². The maximum absolute atomic E-state index is 12.2. The molecule has 0 radical (unpaired) electrons. The fourth-order valence-electron chi connectivity index (χ4n) is 3.27. The standard InChI is InChI=1S/C16H26N2O6/c1-5-11(6-2)24-15-10(4)12(16(20)23-7-3)8-13(18(21)22)14(15)17-9-19/h10-15H,5-8H2,1-4H3/t10-,12-,13+,14-,15-/m1/s1. The Kier molecular flexibility index (Phi) is 8.01. The van der Waals surface area contributed by atoms with E-state index < -0.39 is 35.0 Å². The second-order valence-electron chi connectivity index (χ2n) is 6.06. The molecule has 1 rings (SSSR count). The second kappa shape index (κ2) is 9.49. The van der Waals surface area contributed by atoms with Crippen LogP contribution in [0.1, 0.15) is 47.0 Å². The fourth-order valence-corrected chi connectivity index (χ4v) is 3.27. The van der Waals surface area contributed by atoms with Crippen molar-refractivity contribution in [3.8, 4) is 0 Å². The van der Waals surface area contributed by atoms with Crippen molar-refractivity contribution in [3.05, 3.63) is 10.1 Å². The van der Waals surface area contributed by atoms with Crippen molar-refractivity contribution in [2.24, 2.45) is 16.8 Å². The van der Waals surface area contributed by atoms with Crippen LogP contribution in [0, 0.1) is 22.0 Å². The molecule has 0 bridgehead atoms. The molecule has 1 saturated carbocycles. The fraction of sp³-hybridized carbons (Fsp3) is 0.875. The summed E-state index contributed by atoms with van der Waals surface area (Å²) in [4.78, 5) is 37.6. The average molecular weight is 342 g/mol. The highest BCUT2D eigenvalue weighted by molar-refractivity contribution is 5.73. The van der Waals surface area contributed by atoms with Crippen molar-refractivity contribution in [1.82, 2.24) is 0 Å². The monoisotopic (exact) mass is 342 g/mol. The number of isocyanates is 1. The van der Waals surface area contributed by atoms with Crippen molar-refractivity contribution in [3.63, 3.8) is 0 Å². The minimum Gasteiger partial charge on any atom is -0.466 e. The Morgan fingerprint density at radius 3 is 2.46 bits per heavy atom. The summed E-state index contributed by atoms with van der Waals surface area (Å²) >= 11 is 0. The molecule has 1 fully saturated rings. The van der Waals surface area contributed by atoms with Gasteiger partial charge in [-0.3, -0.25) is 14.9 Å². The molecule has 136 valence electrons. The van der Waals surface area contributed by atoms with Gasteiger partial charge in [0, 0.05) is 11.3 Å². The smallest absolute Gasteiger partial charge is 0.309 e. The van der Waals surface area contributed by atoms with Gasteiger partial charge < -0.3 is 9.47 Å². The minimum atomic E-state index is -1.17. The van der Waals surface area contributed by atoms with E-state index in [1.807, 2.05) is 13.8 Å². The molecule has 1 aliphatic rings.